The number of benzene rings is 1. The second-order valence-electron chi connectivity index (χ2n) is 4.17. The molecule has 0 saturated carbocycles. The van der Waals surface area contributed by atoms with Gasteiger partial charge in [0.1, 0.15) is 5.75 Å². The molecule has 0 atom stereocenters. The third-order valence-electron chi connectivity index (χ3n) is 2.93. The minimum Gasteiger partial charge on any atom is -0.496 e. The number of hydrogen-bond donors (Lipinski definition) is 0. The van der Waals surface area contributed by atoms with Crippen molar-refractivity contribution in [2.45, 2.75) is 19.1 Å². The van der Waals surface area contributed by atoms with Gasteiger partial charge in [0.2, 0.25) is 0 Å². The quantitative estimate of drug-likeness (QED) is 0.794. The number of alkyl halides is 3. The molecule has 0 fully saturated rings. The molecule has 1 aromatic rings. The van der Waals surface area contributed by atoms with E-state index in [0.29, 0.717) is 25.3 Å². The Hall–Kier alpha value is -1.23. The highest BCUT2D eigenvalue weighted by molar-refractivity contribution is 5.41. The van der Waals surface area contributed by atoms with Crippen molar-refractivity contribution in [2.75, 3.05) is 20.2 Å². The smallest absolute Gasteiger partial charge is 0.401 e. The minimum atomic E-state index is -4.14. The average molecular weight is 245 g/mol. The molecule has 0 N–H and O–H groups in total. The number of methoxy groups -OCH3 is 1. The van der Waals surface area contributed by atoms with Gasteiger partial charge in [-0.25, -0.2) is 0 Å². The van der Waals surface area contributed by atoms with Crippen molar-refractivity contribution >= 4 is 0 Å². The monoisotopic (exact) mass is 245 g/mol. The van der Waals surface area contributed by atoms with Crippen LogP contribution in [0.2, 0.25) is 0 Å². The predicted molar refractivity (Wildman–Crippen MR) is 58.0 cm³/mol. The van der Waals surface area contributed by atoms with Crippen LogP contribution in [-0.2, 0) is 13.0 Å². The average Bonchev–Trinajstić information content (AvgIpc) is 2.26. The van der Waals surface area contributed by atoms with Crippen molar-refractivity contribution in [1.29, 1.82) is 0 Å². The molecule has 0 bridgehead atoms. The van der Waals surface area contributed by atoms with Gasteiger partial charge in [0.25, 0.3) is 0 Å². The van der Waals surface area contributed by atoms with E-state index < -0.39 is 12.7 Å². The van der Waals surface area contributed by atoms with Gasteiger partial charge in [0.15, 0.2) is 0 Å². The molecule has 2 rings (SSSR count). The van der Waals surface area contributed by atoms with Gasteiger partial charge in [-0.05, 0) is 18.1 Å². The predicted octanol–water partition coefficient (Wildman–Crippen LogP) is 2.62. The molecule has 0 spiro atoms. The van der Waals surface area contributed by atoms with Crippen molar-refractivity contribution in [3.05, 3.63) is 29.3 Å². The van der Waals surface area contributed by atoms with E-state index in [2.05, 4.69) is 0 Å². The normalized spacial score (nSPS) is 16.7. The topological polar surface area (TPSA) is 12.5 Å². The molecule has 2 nitrogen and oxygen atoms in total. The maximum atomic E-state index is 12.3. The van der Waals surface area contributed by atoms with Crippen LogP contribution < -0.4 is 4.74 Å². The molecule has 1 aliphatic heterocycles. The van der Waals surface area contributed by atoms with Crippen molar-refractivity contribution in [3.8, 4) is 5.75 Å². The first-order chi connectivity index (χ1) is 7.99. The van der Waals surface area contributed by atoms with Crippen molar-refractivity contribution in [2.24, 2.45) is 0 Å². The lowest BCUT2D eigenvalue weighted by Crippen LogP contribution is -2.38. The molecule has 0 aliphatic carbocycles. The van der Waals surface area contributed by atoms with Crippen molar-refractivity contribution in [1.82, 2.24) is 4.90 Å². The first kappa shape index (κ1) is 12.2. The van der Waals surface area contributed by atoms with Crippen LogP contribution in [-0.4, -0.2) is 31.3 Å². The molecule has 1 aliphatic rings. The Balaban J connectivity index is 2.17. The molecular weight excluding hydrogens is 231 g/mol. The summed E-state index contributed by atoms with van der Waals surface area (Å²) in [6.45, 7) is -0.108. The zero-order chi connectivity index (χ0) is 12.5. The van der Waals surface area contributed by atoms with E-state index in [1.165, 1.54) is 12.0 Å². The molecule has 0 unspecified atom stereocenters. The summed E-state index contributed by atoms with van der Waals surface area (Å²) in [5.41, 5.74) is 1.97. The van der Waals surface area contributed by atoms with Crippen LogP contribution in [0.3, 0.4) is 0 Å². The Kier molecular flexibility index (Phi) is 3.28. The minimum absolute atomic E-state index is 0.304. The molecule has 0 radical (unpaired) electrons. The van der Waals surface area contributed by atoms with Crippen LogP contribution in [0.15, 0.2) is 18.2 Å². The fourth-order valence-corrected chi connectivity index (χ4v) is 2.19. The van der Waals surface area contributed by atoms with Gasteiger partial charge < -0.3 is 4.74 Å². The summed E-state index contributed by atoms with van der Waals surface area (Å²) in [6, 6.07) is 5.61. The highest BCUT2D eigenvalue weighted by Crippen LogP contribution is 2.29. The van der Waals surface area contributed by atoms with Crippen LogP contribution in [0.25, 0.3) is 0 Å². The van der Waals surface area contributed by atoms with Gasteiger partial charge in [0, 0.05) is 18.7 Å². The Morgan fingerprint density at radius 3 is 2.76 bits per heavy atom. The second kappa shape index (κ2) is 4.56. The van der Waals surface area contributed by atoms with Gasteiger partial charge in [-0.1, -0.05) is 12.1 Å². The summed E-state index contributed by atoms with van der Waals surface area (Å²) in [7, 11) is 1.54. The number of ether oxygens (including phenoxy) is 1. The Morgan fingerprint density at radius 2 is 2.12 bits per heavy atom. The fourth-order valence-electron chi connectivity index (χ4n) is 2.19. The highest BCUT2D eigenvalue weighted by Gasteiger charge is 2.32. The first-order valence-electron chi connectivity index (χ1n) is 5.43. The molecular formula is C12H14F3NO. The lowest BCUT2D eigenvalue weighted by Gasteiger charge is -2.30. The number of rotatable bonds is 2. The Bertz CT molecular complexity index is 389. The van der Waals surface area contributed by atoms with E-state index >= 15 is 0 Å². The van der Waals surface area contributed by atoms with E-state index in [1.54, 1.807) is 6.07 Å². The van der Waals surface area contributed by atoms with Crippen LogP contribution in [0.4, 0.5) is 13.2 Å². The summed E-state index contributed by atoms with van der Waals surface area (Å²) < 4.78 is 42.2. The summed E-state index contributed by atoms with van der Waals surface area (Å²) >= 11 is 0. The van der Waals surface area contributed by atoms with E-state index in [1.807, 2.05) is 12.1 Å². The molecule has 94 valence electrons. The number of nitrogens with zero attached hydrogens (tertiary/aromatic N) is 1. The molecule has 1 heterocycles. The van der Waals surface area contributed by atoms with Crippen LogP contribution in [0.1, 0.15) is 11.1 Å². The Labute approximate surface area is 98.0 Å². The standard InChI is InChI=1S/C12H14F3NO/c1-17-11-4-2-3-9-5-6-16(7-10(9)11)8-12(13,14)15/h2-4H,5-8H2,1H3. The third-order valence-corrected chi connectivity index (χ3v) is 2.93. The van der Waals surface area contributed by atoms with Crippen molar-refractivity contribution < 1.29 is 17.9 Å². The largest absolute Gasteiger partial charge is 0.496 e. The zero-order valence-electron chi connectivity index (χ0n) is 9.55. The summed E-state index contributed by atoms with van der Waals surface area (Å²) in [4.78, 5) is 1.41. The number of fused-ring (bicyclic) bond motifs is 1. The van der Waals surface area contributed by atoms with E-state index in [4.69, 9.17) is 4.74 Å². The van der Waals surface area contributed by atoms with Crippen LogP contribution in [0, 0.1) is 0 Å². The third kappa shape index (κ3) is 2.91. The summed E-state index contributed by atoms with van der Waals surface area (Å²) in [5.74, 6) is 0.675. The fraction of sp³-hybridized carbons (Fsp3) is 0.500. The maximum Gasteiger partial charge on any atom is 0.401 e. The lowest BCUT2D eigenvalue weighted by molar-refractivity contribution is -0.147. The van der Waals surface area contributed by atoms with Crippen LogP contribution in [0.5, 0.6) is 5.75 Å². The molecule has 17 heavy (non-hydrogen) atoms. The van der Waals surface area contributed by atoms with E-state index in [9.17, 15) is 13.2 Å². The zero-order valence-corrected chi connectivity index (χ0v) is 9.55. The molecule has 5 heteroatoms. The van der Waals surface area contributed by atoms with E-state index in [0.717, 1.165) is 11.1 Å². The van der Waals surface area contributed by atoms with Crippen molar-refractivity contribution in [3.63, 3.8) is 0 Å². The maximum absolute atomic E-state index is 12.3. The second-order valence-corrected chi connectivity index (χ2v) is 4.17. The van der Waals surface area contributed by atoms with Gasteiger partial charge in [-0.3, -0.25) is 4.90 Å². The van der Waals surface area contributed by atoms with Gasteiger partial charge in [-0.2, -0.15) is 13.2 Å². The summed E-state index contributed by atoms with van der Waals surface area (Å²) in [6.07, 6.45) is -3.50. The van der Waals surface area contributed by atoms with Gasteiger partial charge in [0.05, 0.1) is 13.7 Å². The molecule has 1 aromatic carbocycles. The lowest BCUT2D eigenvalue weighted by atomic mass is 9.99. The number of hydrogen-bond acceptors (Lipinski definition) is 2. The van der Waals surface area contributed by atoms with Gasteiger partial charge >= 0.3 is 6.18 Å². The molecule has 0 amide bonds. The summed E-state index contributed by atoms with van der Waals surface area (Å²) in [5, 5.41) is 0. The SMILES string of the molecule is COc1cccc2c1CN(CC(F)(F)F)CC2. The highest BCUT2D eigenvalue weighted by atomic mass is 19.4. The Morgan fingerprint density at radius 1 is 1.35 bits per heavy atom. The molecule has 0 aromatic heterocycles. The van der Waals surface area contributed by atoms with Gasteiger partial charge in [-0.15, -0.1) is 0 Å². The first-order valence-corrected chi connectivity index (χ1v) is 5.43. The molecule has 0 saturated heterocycles. The number of halogens is 3. The van der Waals surface area contributed by atoms with E-state index in [-0.39, 0.29) is 0 Å². The van der Waals surface area contributed by atoms with Crippen LogP contribution >= 0.6 is 0 Å².